The van der Waals surface area contributed by atoms with E-state index in [-0.39, 0.29) is 0 Å². The maximum absolute atomic E-state index is 11.7. The molecule has 1 rings (SSSR count). The van der Waals surface area contributed by atoms with Gasteiger partial charge in [0.15, 0.2) is 9.84 Å². The molecule has 0 amide bonds. The third kappa shape index (κ3) is 4.90. The zero-order valence-corrected chi connectivity index (χ0v) is 12.5. The van der Waals surface area contributed by atoms with E-state index in [1.807, 2.05) is 36.4 Å². The number of benzene rings is 1. The van der Waals surface area contributed by atoms with Crippen molar-refractivity contribution in [2.75, 3.05) is 0 Å². The Hall–Kier alpha value is -0.830. The molecule has 3 heteroatoms. The van der Waals surface area contributed by atoms with E-state index in [1.54, 1.807) is 41.5 Å². The van der Waals surface area contributed by atoms with Gasteiger partial charge in [-0.25, -0.2) is 8.42 Å². The molecule has 2 nitrogen and oxygen atoms in total. The van der Waals surface area contributed by atoms with Gasteiger partial charge in [0.05, 0.1) is 9.49 Å². The minimum absolute atomic E-state index is 0.648. The maximum atomic E-state index is 11.7. The average molecular weight is 256 g/mol. The molecule has 0 aliphatic carbocycles. The lowest BCUT2D eigenvalue weighted by Crippen LogP contribution is -2.41. The molecule has 0 fully saturated rings. The van der Waals surface area contributed by atoms with Crippen molar-refractivity contribution in [2.24, 2.45) is 0 Å². The van der Waals surface area contributed by atoms with Crippen molar-refractivity contribution in [3.8, 4) is 0 Å². The largest absolute Gasteiger partial charge is 0.228 e. The van der Waals surface area contributed by atoms with Gasteiger partial charge in [-0.1, -0.05) is 36.4 Å². The molecule has 0 saturated heterocycles. The number of hydrogen-bond donors (Lipinski definition) is 0. The van der Waals surface area contributed by atoms with Crippen LogP contribution in [0.1, 0.15) is 41.5 Å². The fourth-order valence-electron chi connectivity index (χ4n) is 1.30. The second-order valence-corrected chi connectivity index (χ2v) is 9.34. The van der Waals surface area contributed by atoms with Gasteiger partial charge in [-0.05, 0) is 41.5 Å². The van der Waals surface area contributed by atoms with Crippen LogP contribution >= 0.6 is 0 Å². The third-order valence-corrected chi connectivity index (χ3v) is 5.50. The van der Waals surface area contributed by atoms with E-state index in [4.69, 9.17) is 0 Å². The third-order valence-electron chi connectivity index (χ3n) is 2.28. The minimum atomic E-state index is -3.01. The summed E-state index contributed by atoms with van der Waals surface area (Å²) in [5.41, 5.74) is 0. The second-order valence-electron chi connectivity index (χ2n) is 5.88. The van der Waals surface area contributed by atoms with Crippen molar-refractivity contribution < 1.29 is 8.42 Å². The van der Waals surface area contributed by atoms with Gasteiger partial charge in [-0.15, -0.1) is 0 Å². The Bertz CT molecular complexity index is 359. The highest BCUT2D eigenvalue weighted by Crippen LogP contribution is 2.27. The summed E-state index contributed by atoms with van der Waals surface area (Å²) in [6.45, 7) is 10.4. The summed E-state index contributed by atoms with van der Waals surface area (Å²) in [7, 11) is -3.01. The maximum Gasteiger partial charge on any atom is 0.160 e. The molecule has 0 aromatic heterocycles. The van der Waals surface area contributed by atoms with Crippen LogP contribution in [0.3, 0.4) is 0 Å². The fraction of sp³-hybridized carbons (Fsp3) is 0.571. The molecule has 0 aliphatic heterocycles. The van der Waals surface area contributed by atoms with Gasteiger partial charge in [0, 0.05) is 0 Å². The summed E-state index contributed by atoms with van der Waals surface area (Å²) in [5, 5.41) is 0. The first-order chi connectivity index (χ1) is 7.50. The van der Waals surface area contributed by atoms with Crippen LogP contribution in [0, 0.1) is 0 Å². The van der Waals surface area contributed by atoms with Gasteiger partial charge in [-0.2, -0.15) is 0 Å². The van der Waals surface area contributed by atoms with Crippen molar-refractivity contribution >= 4 is 9.84 Å². The van der Waals surface area contributed by atoms with Crippen LogP contribution < -0.4 is 0 Å². The highest BCUT2D eigenvalue weighted by molar-refractivity contribution is 7.94. The molecule has 0 saturated carbocycles. The van der Waals surface area contributed by atoms with Crippen LogP contribution in [0.4, 0.5) is 0 Å². The number of sulfone groups is 1. The smallest absolute Gasteiger partial charge is 0.160 e. The Balaban J connectivity index is 0.000000354. The molecule has 17 heavy (non-hydrogen) atoms. The van der Waals surface area contributed by atoms with Crippen molar-refractivity contribution in [1.29, 1.82) is 0 Å². The summed E-state index contributed by atoms with van der Waals surface area (Å²) in [6.07, 6.45) is 0. The molecule has 0 heterocycles. The van der Waals surface area contributed by atoms with Gasteiger partial charge in [0.25, 0.3) is 0 Å². The average Bonchev–Trinajstić information content (AvgIpc) is 2.18. The van der Waals surface area contributed by atoms with Crippen LogP contribution in [-0.2, 0) is 9.84 Å². The normalized spacial score (nSPS) is 12.6. The zero-order valence-electron chi connectivity index (χ0n) is 11.7. The number of rotatable bonds is 0. The van der Waals surface area contributed by atoms with Crippen molar-refractivity contribution in [3.63, 3.8) is 0 Å². The first kappa shape index (κ1) is 16.2. The lowest BCUT2D eigenvalue weighted by atomic mass is 10.2. The topological polar surface area (TPSA) is 34.1 Å². The lowest BCUT2D eigenvalue weighted by molar-refractivity contribution is 0.525. The predicted octanol–water partition coefficient (Wildman–Crippen LogP) is 3.68. The molecule has 0 aliphatic rings. The van der Waals surface area contributed by atoms with Crippen molar-refractivity contribution in [2.45, 2.75) is 51.0 Å². The molecular weight excluding hydrogens is 232 g/mol. The van der Waals surface area contributed by atoms with E-state index in [1.165, 1.54) is 0 Å². The first-order valence-electron chi connectivity index (χ1n) is 5.74. The van der Waals surface area contributed by atoms with Gasteiger partial charge >= 0.3 is 0 Å². The SMILES string of the molecule is CC(C)(C)S(=O)(=O)C(C)(C)C.c1ccccc1. The Morgan fingerprint density at radius 3 is 0.824 bits per heavy atom. The van der Waals surface area contributed by atoms with E-state index in [2.05, 4.69) is 0 Å². The molecule has 1 aromatic carbocycles. The lowest BCUT2D eigenvalue weighted by Gasteiger charge is -2.29. The van der Waals surface area contributed by atoms with E-state index < -0.39 is 19.3 Å². The van der Waals surface area contributed by atoms with E-state index >= 15 is 0 Å². The summed E-state index contributed by atoms with van der Waals surface area (Å²) < 4.78 is 22.1. The molecule has 0 atom stereocenters. The predicted molar refractivity (Wildman–Crippen MR) is 74.9 cm³/mol. The quantitative estimate of drug-likeness (QED) is 0.709. The molecule has 0 bridgehead atoms. The molecule has 0 spiro atoms. The van der Waals surface area contributed by atoms with E-state index in [0.29, 0.717) is 0 Å². The Morgan fingerprint density at radius 1 is 0.588 bits per heavy atom. The molecular formula is C14H24O2S. The van der Waals surface area contributed by atoms with Crippen LogP contribution in [0.15, 0.2) is 36.4 Å². The summed E-state index contributed by atoms with van der Waals surface area (Å²) in [6, 6.07) is 12.0. The Kier molecular flexibility index (Phi) is 5.40. The van der Waals surface area contributed by atoms with Gasteiger partial charge < -0.3 is 0 Å². The van der Waals surface area contributed by atoms with E-state index in [9.17, 15) is 8.42 Å². The Morgan fingerprint density at radius 2 is 0.765 bits per heavy atom. The standard InChI is InChI=1S/C8H18O2S.C6H6/c1-7(2,3)11(9,10)8(4,5)6;1-2-4-6-5-3-1/h1-6H3;1-6H. The molecule has 1 aromatic rings. The zero-order chi connectivity index (χ0) is 13.7. The van der Waals surface area contributed by atoms with Crippen molar-refractivity contribution in [1.82, 2.24) is 0 Å². The van der Waals surface area contributed by atoms with Crippen LogP contribution in [0.5, 0.6) is 0 Å². The Labute approximate surface area is 106 Å². The van der Waals surface area contributed by atoms with Gasteiger partial charge in [0.1, 0.15) is 0 Å². The van der Waals surface area contributed by atoms with Crippen LogP contribution in [0.2, 0.25) is 0 Å². The van der Waals surface area contributed by atoms with Gasteiger partial charge in [0.2, 0.25) is 0 Å². The molecule has 0 N–H and O–H groups in total. The number of hydrogen-bond acceptors (Lipinski definition) is 2. The monoisotopic (exact) mass is 256 g/mol. The van der Waals surface area contributed by atoms with E-state index in [0.717, 1.165) is 0 Å². The van der Waals surface area contributed by atoms with Crippen LogP contribution in [-0.4, -0.2) is 17.9 Å². The second kappa shape index (κ2) is 5.67. The molecule has 0 unspecified atom stereocenters. The fourth-order valence-corrected chi connectivity index (χ4v) is 3.14. The van der Waals surface area contributed by atoms with Crippen LogP contribution in [0.25, 0.3) is 0 Å². The summed E-state index contributed by atoms with van der Waals surface area (Å²) in [5.74, 6) is 0. The summed E-state index contributed by atoms with van der Waals surface area (Å²) in [4.78, 5) is 0. The highest BCUT2D eigenvalue weighted by atomic mass is 32.2. The molecule has 0 radical (unpaired) electrons. The minimum Gasteiger partial charge on any atom is -0.228 e. The summed E-state index contributed by atoms with van der Waals surface area (Å²) >= 11 is 0. The van der Waals surface area contributed by atoms with Gasteiger partial charge in [-0.3, -0.25) is 0 Å². The van der Waals surface area contributed by atoms with Crippen molar-refractivity contribution in [3.05, 3.63) is 36.4 Å². The first-order valence-corrected chi connectivity index (χ1v) is 7.22. The molecule has 98 valence electrons. The highest BCUT2D eigenvalue weighted by Gasteiger charge is 2.39.